The normalized spacial score (nSPS) is 15.9. The summed E-state index contributed by atoms with van der Waals surface area (Å²) >= 11 is 14.5. The number of hydrogen-bond donors (Lipinski definition) is 2. The van der Waals surface area contributed by atoms with Gasteiger partial charge >= 0.3 is 0 Å². The van der Waals surface area contributed by atoms with Gasteiger partial charge in [-0.25, -0.2) is 4.98 Å². The number of anilines is 1. The van der Waals surface area contributed by atoms with E-state index in [9.17, 15) is 0 Å². The van der Waals surface area contributed by atoms with E-state index in [0.29, 0.717) is 22.0 Å². The third-order valence-electron chi connectivity index (χ3n) is 2.73. The molecule has 1 aliphatic carbocycles. The van der Waals surface area contributed by atoms with E-state index in [1.54, 1.807) is 12.3 Å². The van der Waals surface area contributed by atoms with E-state index in [-0.39, 0.29) is 0 Å². The van der Waals surface area contributed by atoms with Crippen molar-refractivity contribution in [3.63, 3.8) is 0 Å². The topological polar surface area (TPSA) is 37.0 Å². The largest absolute Gasteiger partial charge is 0.360 e. The van der Waals surface area contributed by atoms with Crippen LogP contribution < -0.4 is 10.6 Å². The summed E-state index contributed by atoms with van der Waals surface area (Å²) in [6, 6.07) is 2.29. The van der Waals surface area contributed by atoms with Gasteiger partial charge in [-0.3, -0.25) is 0 Å². The van der Waals surface area contributed by atoms with Crippen LogP contribution >= 0.6 is 39.7 Å². The van der Waals surface area contributed by atoms with E-state index < -0.39 is 0 Å². The number of pyridine rings is 1. The van der Waals surface area contributed by atoms with Crippen LogP contribution in [0.25, 0.3) is 0 Å². The predicted octanol–water partition coefficient (Wildman–Crippen LogP) is 3.73. The maximum absolute atomic E-state index is 5.82. The molecule has 1 heterocycles. The number of nitrogens with one attached hydrogen (secondary N) is 2. The summed E-state index contributed by atoms with van der Waals surface area (Å²) in [6.07, 6.45) is 6.53. The number of aromatic nitrogens is 1. The fourth-order valence-electron chi connectivity index (χ4n) is 1.91. The predicted molar refractivity (Wildman–Crippen MR) is 78.6 cm³/mol. The molecule has 2 N–H and O–H groups in total. The molecule has 0 aliphatic heterocycles. The average molecular weight is 335 g/mol. The lowest BCUT2D eigenvalue weighted by molar-refractivity contribution is 0.634. The number of rotatable bonds is 2. The van der Waals surface area contributed by atoms with Crippen LogP contribution in [0, 0.1) is 0 Å². The van der Waals surface area contributed by atoms with Crippen molar-refractivity contribution < 1.29 is 0 Å². The van der Waals surface area contributed by atoms with Crippen molar-refractivity contribution in [1.82, 2.24) is 10.3 Å². The third-order valence-corrected chi connectivity index (χ3v) is 3.76. The van der Waals surface area contributed by atoms with Gasteiger partial charge < -0.3 is 10.6 Å². The van der Waals surface area contributed by atoms with Crippen molar-refractivity contribution >= 4 is 50.7 Å². The Balaban J connectivity index is 1.93. The van der Waals surface area contributed by atoms with Gasteiger partial charge in [-0.2, -0.15) is 0 Å². The van der Waals surface area contributed by atoms with Gasteiger partial charge in [0.05, 0.1) is 9.50 Å². The molecule has 1 aromatic heterocycles. The van der Waals surface area contributed by atoms with Crippen molar-refractivity contribution in [3.8, 4) is 0 Å². The second kappa shape index (κ2) is 5.98. The van der Waals surface area contributed by atoms with Crippen molar-refractivity contribution in [2.24, 2.45) is 0 Å². The summed E-state index contributed by atoms with van der Waals surface area (Å²) in [6.45, 7) is 0. The van der Waals surface area contributed by atoms with Crippen LogP contribution in [-0.2, 0) is 0 Å². The molecule has 0 saturated heterocycles. The van der Waals surface area contributed by atoms with E-state index in [0.717, 1.165) is 4.47 Å². The summed E-state index contributed by atoms with van der Waals surface area (Å²) in [7, 11) is 0. The highest BCUT2D eigenvalue weighted by Crippen LogP contribution is 2.23. The molecule has 0 spiro atoms. The van der Waals surface area contributed by atoms with Crippen LogP contribution in [0.15, 0.2) is 16.7 Å². The van der Waals surface area contributed by atoms with Crippen LogP contribution in [0.4, 0.5) is 5.82 Å². The molecule has 0 atom stereocenters. The highest BCUT2D eigenvalue weighted by atomic mass is 79.9. The van der Waals surface area contributed by atoms with Gasteiger partial charge in [0.15, 0.2) is 5.11 Å². The van der Waals surface area contributed by atoms with Crippen LogP contribution in [0.5, 0.6) is 0 Å². The fraction of sp³-hybridized carbons (Fsp3) is 0.455. The minimum absolute atomic E-state index is 0.501. The molecule has 6 heteroatoms. The zero-order valence-corrected chi connectivity index (χ0v) is 12.3. The Labute approximate surface area is 119 Å². The Morgan fingerprint density at radius 3 is 2.82 bits per heavy atom. The smallest absolute Gasteiger partial charge is 0.172 e. The summed E-state index contributed by atoms with van der Waals surface area (Å²) in [5, 5.41) is 7.58. The van der Waals surface area contributed by atoms with E-state index in [1.165, 1.54) is 25.7 Å². The van der Waals surface area contributed by atoms with Gasteiger partial charge in [0, 0.05) is 12.2 Å². The number of halogens is 2. The molecular weight excluding hydrogens is 322 g/mol. The molecule has 0 amide bonds. The Kier molecular flexibility index (Phi) is 4.59. The zero-order valence-electron chi connectivity index (χ0n) is 9.17. The lowest BCUT2D eigenvalue weighted by Crippen LogP contribution is -2.36. The van der Waals surface area contributed by atoms with Crippen molar-refractivity contribution in [2.45, 2.75) is 31.7 Å². The Hall–Kier alpha value is -0.390. The maximum atomic E-state index is 5.82. The molecule has 1 aliphatic rings. The van der Waals surface area contributed by atoms with Crippen molar-refractivity contribution in [3.05, 3.63) is 21.8 Å². The number of hydrogen-bond acceptors (Lipinski definition) is 2. The Morgan fingerprint density at radius 2 is 2.18 bits per heavy atom. The lowest BCUT2D eigenvalue weighted by Gasteiger charge is -2.15. The molecule has 17 heavy (non-hydrogen) atoms. The van der Waals surface area contributed by atoms with Gasteiger partial charge in [-0.1, -0.05) is 24.4 Å². The molecule has 2 rings (SSSR count). The molecule has 1 fully saturated rings. The molecule has 1 saturated carbocycles. The first kappa shape index (κ1) is 13.1. The molecule has 0 unspecified atom stereocenters. The molecule has 0 bridgehead atoms. The van der Waals surface area contributed by atoms with Crippen molar-refractivity contribution in [1.29, 1.82) is 0 Å². The first-order valence-electron chi connectivity index (χ1n) is 5.54. The molecule has 0 aromatic carbocycles. The Morgan fingerprint density at radius 1 is 1.47 bits per heavy atom. The van der Waals surface area contributed by atoms with E-state index >= 15 is 0 Å². The average Bonchev–Trinajstić information content (AvgIpc) is 2.75. The van der Waals surface area contributed by atoms with Crippen LogP contribution in [0.3, 0.4) is 0 Å². The SMILES string of the molecule is S=C(Nc1ncc(Cl)cc1Br)NC1CCCC1. The van der Waals surface area contributed by atoms with Gasteiger partial charge in [0.25, 0.3) is 0 Å². The number of thiocarbonyl (C=S) groups is 1. The highest BCUT2D eigenvalue weighted by molar-refractivity contribution is 9.10. The molecule has 92 valence electrons. The lowest BCUT2D eigenvalue weighted by atomic mass is 10.3. The minimum atomic E-state index is 0.501. The monoisotopic (exact) mass is 333 g/mol. The van der Waals surface area contributed by atoms with E-state index in [1.807, 2.05) is 0 Å². The molecular formula is C11H13BrClN3S. The number of nitrogens with zero attached hydrogens (tertiary/aromatic N) is 1. The summed E-state index contributed by atoms with van der Waals surface area (Å²) in [4.78, 5) is 4.17. The van der Waals surface area contributed by atoms with Gasteiger partial charge in [-0.05, 0) is 47.1 Å². The first-order valence-corrected chi connectivity index (χ1v) is 7.11. The summed E-state index contributed by atoms with van der Waals surface area (Å²) in [5.41, 5.74) is 0. The second-order valence-corrected chi connectivity index (χ2v) is 5.76. The standard InChI is InChI=1S/C11H13BrClN3S/c12-9-5-7(13)6-14-10(9)16-11(17)15-8-3-1-2-4-8/h5-6,8H,1-4H2,(H2,14,15,16,17). The first-order chi connectivity index (χ1) is 8.15. The molecule has 1 aromatic rings. The molecule has 0 radical (unpaired) electrons. The summed E-state index contributed by atoms with van der Waals surface area (Å²) in [5.74, 6) is 0.685. The van der Waals surface area contributed by atoms with Crippen LogP contribution in [0.1, 0.15) is 25.7 Å². The van der Waals surface area contributed by atoms with Gasteiger partial charge in [0.1, 0.15) is 5.82 Å². The third kappa shape index (κ3) is 3.79. The fourth-order valence-corrected chi connectivity index (χ4v) is 2.91. The van der Waals surface area contributed by atoms with E-state index in [2.05, 4.69) is 31.5 Å². The van der Waals surface area contributed by atoms with Crippen LogP contribution in [0.2, 0.25) is 5.02 Å². The van der Waals surface area contributed by atoms with E-state index in [4.69, 9.17) is 23.8 Å². The zero-order chi connectivity index (χ0) is 12.3. The maximum Gasteiger partial charge on any atom is 0.172 e. The molecule has 3 nitrogen and oxygen atoms in total. The van der Waals surface area contributed by atoms with Crippen molar-refractivity contribution in [2.75, 3.05) is 5.32 Å². The second-order valence-electron chi connectivity index (χ2n) is 4.06. The minimum Gasteiger partial charge on any atom is -0.360 e. The highest BCUT2D eigenvalue weighted by Gasteiger charge is 2.15. The Bertz CT molecular complexity index is 421. The summed E-state index contributed by atoms with van der Waals surface area (Å²) < 4.78 is 0.806. The van der Waals surface area contributed by atoms with Gasteiger partial charge in [0.2, 0.25) is 0 Å². The quantitative estimate of drug-likeness (QED) is 0.808. The van der Waals surface area contributed by atoms with Gasteiger partial charge in [-0.15, -0.1) is 0 Å². The van der Waals surface area contributed by atoms with Crippen LogP contribution in [-0.4, -0.2) is 16.1 Å².